The second kappa shape index (κ2) is 9.62. The molecule has 1 amide bonds. The smallest absolute Gasteiger partial charge is 0.265 e. The first kappa shape index (κ1) is 22.3. The van der Waals surface area contributed by atoms with E-state index in [-0.39, 0.29) is 10.8 Å². The molecule has 0 aliphatic carbocycles. The molecule has 0 unspecified atom stereocenters. The van der Waals surface area contributed by atoms with Crippen molar-refractivity contribution in [3.8, 4) is 5.75 Å². The van der Waals surface area contributed by atoms with Crippen LogP contribution in [-0.2, 0) is 14.8 Å². The van der Waals surface area contributed by atoms with Crippen LogP contribution < -0.4 is 10.1 Å². The zero-order chi connectivity index (χ0) is 21.7. The van der Waals surface area contributed by atoms with Gasteiger partial charge in [-0.05, 0) is 74.6 Å². The molecule has 1 N–H and O–H groups in total. The summed E-state index contributed by atoms with van der Waals surface area (Å²) in [5.41, 5.74) is 2.66. The SMILES string of the molecule is CC[C@H](Oc1cccc(C)c1C)C(=O)Nc1ccc(S(=O)(=O)N2CCCCC2)cc1. The predicted octanol–water partition coefficient (Wildman–Crippen LogP) is 4.27. The average molecular weight is 431 g/mol. The summed E-state index contributed by atoms with van der Waals surface area (Å²) < 4.78 is 33.0. The molecule has 1 fully saturated rings. The molecular formula is C23H30N2O4S. The number of carbonyl (C=O) groups is 1. The minimum atomic E-state index is -3.48. The van der Waals surface area contributed by atoms with E-state index >= 15 is 0 Å². The number of nitrogens with one attached hydrogen (secondary N) is 1. The van der Waals surface area contributed by atoms with Crippen molar-refractivity contribution in [2.75, 3.05) is 18.4 Å². The van der Waals surface area contributed by atoms with Crippen LogP contribution in [0.3, 0.4) is 0 Å². The molecule has 30 heavy (non-hydrogen) atoms. The fourth-order valence-electron chi connectivity index (χ4n) is 3.51. The fourth-order valence-corrected chi connectivity index (χ4v) is 5.03. The fraction of sp³-hybridized carbons (Fsp3) is 0.435. The summed E-state index contributed by atoms with van der Waals surface area (Å²) in [6.07, 6.45) is 2.74. The van der Waals surface area contributed by atoms with E-state index in [2.05, 4.69) is 5.32 Å². The maximum Gasteiger partial charge on any atom is 0.265 e. The summed E-state index contributed by atoms with van der Waals surface area (Å²) in [6, 6.07) is 12.1. The maximum absolute atomic E-state index is 12.8. The van der Waals surface area contributed by atoms with Crippen LogP contribution in [0.5, 0.6) is 5.75 Å². The number of piperidine rings is 1. The Labute approximate surface area is 179 Å². The van der Waals surface area contributed by atoms with Gasteiger partial charge in [-0.1, -0.05) is 25.5 Å². The van der Waals surface area contributed by atoms with Gasteiger partial charge in [0, 0.05) is 18.8 Å². The number of sulfonamides is 1. The van der Waals surface area contributed by atoms with Gasteiger partial charge in [-0.3, -0.25) is 4.79 Å². The lowest BCUT2D eigenvalue weighted by Crippen LogP contribution is -2.35. The number of aryl methyl sites for hydroxylation is 1. The Balaban J connectivity index is 1.67. The molecule has 1 atom stereocenters. The first-order valence-electron chi connectivity index (χ1n) is 10.5. The highest BCUT2D eigenvalue weighted by Crippen LogP contribution is 2.24. The molecule has 0 aromatic heterocycles. The highest BCUT2D eigenvalue weighted by atomic mass is 32.2. The van der Waals surface area contributed by atoms with E-state index in [0.717, 1.165) is 30.4 Å². The van der Waals surface area contributed by atoms with Crippen molar-refractivity contribution in [1.82, 2.24) is 4.31 Å². The van der Waals surface area contributed by atoms with Gasteiger partial charge in [-0.25, -0.2) is 8.42 Å². The Morgan fingerprint density at radius 3 is 2.37 bits per heavy atom. The maximum atomic E-state index is 12.8. The van der Waals surface area contributed by atoms with Gasteiger partial charge in [0.15, 0.2) is 6.10 Å². The number of benzene rings is 2. The van der Waals surface area contributed by atoms with Crippen LogP contribution in [0.2, 0.25) is 0 Å². The third-order valence-corrected chi connectivity index (χ3v) is 7.47. The molecule has 7 heteroatoms. The van der Waals surface area contributed by atoms with Gasteiger partial charge in [0.2, 0.25) is 10.0 Å². The number of nitrogens with zero attached hydrogens (tertiary/aromatic N) is 1. The van der Waals surface area contributed by atoms with Gasteiger partial charge >= 0.3 is 0 Å². The van der Waals surface area contributed by atoms with Crippen LogP contribution in [0, 0.1) is 13.8 Å². The van der Waals surface area contributed by atoms with E-state index < -0.39 is 16.1 Å². The van der Waals surface area contributed by atoms with Crippen molar-refractivity contribution in [3.63, 3.8) is 0 Å². The molecule has 6 nitrogen and oxygen atoms in total. The lowest BCUT2D eigenvalue weighted by molar-refractivity contribution is -0.122. The van der Waals surface area contributed by atoms with Crippen LogP contribution in [0.15, 0.2) is 47.4 Å². The summed E-state index contributed by atoms with van der Waals surface area (Å²) in [5.74, 6) is 0.435. The molecule has 1 heterocycles. The molecule has 1 saturated heterocycles. The van der Waals surface area contributed by atoms with Crippen LogP contribution in [0.1, 0.15) is 43.7 Å². The molecule has 0 radical (unpaired) electrons. The van der Waals surface area contributed by atoms with E-state index in [9.17, 15) is 13.2 Å². The third kappa shape index (κ3) is 5.02. The Morgan fingerprint density at radius 1 is 1.07 bits per heavy atom. The molecular weight excluding hydrogens is 400 g/mol. The van der Waals surface area contributed by atoms with Crippen LogP contribution >= 0.6 is 0 Å². The Morgan fingerprint density at radius 2 is 1.73 bits per heavy atom. The minimum absolute atomic E-state index is 0.251. The molecule has 162 valence electrons. The molecule has 3 rings (SSSR count). The lowest BCUT2D eigenvalue weighted by atomic mass is 10.1. The zero-order valence-corrected chi connectivity index (χ0v) is 18.7. The molecule has 2 aromatic carbocycles. The molecule has 0 spiro atoms. The van der Waals surface area contributed by atoms with Gasteiger partial charge in [0.05, 0.1) is 4.90 Å². The van der Waals surface area contributed by atoms with E-state index in [1.54, 1.807) is 24.3 Å². The van der Waals surface area contributed by atoms with Crippen molar-refractivity contribution in [2.45, 2.75) is 57.5 Å². The summed E-state index contributed by atoms with van der Waals surface area (Å²) in [6.45, 7) is 6.99. The standard InChI is InChI=1S/C23H30N2O4S/c1-4-21(29-22-10-8-9-17(2)18(22)3)23(26)24-19-11-13-20(14-12-19)30(27,28)25-15-6-5-7-16-25/h8-14,21H,4-7,15-16H2,1-3H3,(H,24,26)/t21-/m0/s1. The highest BCUT2D eigenvalue weighted by Gasteiger charge is 2.26. The monoisotopic (exact) mass is 430 g/mol. The second-order valence-corrected chi connectivity index (χ2v) is 9.63. The molecule has 0 saturated carbocycles. The number of hydrogen-bond acceptors (Lipinski definition) is 4. The molecule has 0 bridgehead atoms. The number of carbonyl (C=O) groups excluding carboxylic acids is 1. The third-order valence-electron chi connectivity index (χ3n) is 5.56. The van der Waals surface area contributed by atoms with Crippen molar-refractivity contribution in [3.05, 3.63) is 53.6 Å². The van der Waals surface area contributed by atoms with Crippen molar-refractivity contribution in [2.24, 2.45) is 0 Å². The predicted molar refractivity (Wildman–Crippen MR) is 118 cm³/mol. The van der Waals surface area contributed by atoms with Gasteiger partial charge < -0.3 is 10.1 Å². The van der Waals surface area contributed by atoms with E-state index in [1.165, 1.54) is 4.31 Å². The quantitative estimate of drug-likeness (QED) is 0.712. The Bertz CT molecular complexity index is 981. The van der Waals surface area contributed by atoms with Gasteiger partial charge in [-0.2, -0.15) is 4.31 Å². The Kier molecular flexibility index (Phi) is 7.15. The summed E-state index contributed by atoms with van der Waals surface area (Å²) in [5, 5.41) is 2.83. The van der Waals surface area contributed by atoms with E-state index in [1.807, 2.05) is 39.0 Å². The molecule has 2 aromatic rings. The van der Waals surface area contributed by atoms with Gasteiger partial charge in [0.1, 0.15) is 5.75 Å². The lowest BCUT2D eigenvalue weighted by Gasteiger charge is -2.26. The largest absolute Gasteiger partial charge is 0.480 e. The minimum Gasteiger partial charge on any atom is -0.480 e. The first-order chi connectivity index (χ1) is 14.3. The van der Waals surface area contributed by atoms with Crippen LogP contribution in [0.4, 0.5) is 5.69 Å². The second-order valence-electron chi connectivity index (χ2n) is 7.69. The number of ether oxygens (including phenoxy) is 1. The Hall–Kier alpha value is -2.38. The molecule has 1 aliphatic rings. The summed E-state index contributed by atoms with van der Waals surface area (Å²) in [4.78, 5) is 13.0. The molecule has 1 aliphatic heterocycles. The summed E-state index contributed by atoms with van der Waals surface area (Å²) >= 11 is 0. The highest BCUT2D eigenvalue weighted by molar-refractivity contribution is 7.89. The number of rotatable bonds is 7. The van der Waals surface area contributed by atoms with Crippen LogP contribution in [0.25, 0.3) is 0 Å². The number of hydrogen-bond donors (Lipinski definition) is 1. The topological polar surface area (TPSA) is 75.7 Å². The average Bonchev–Trinajstić information content (AvgIpc) is 2.75. The van der Waals surface area contributed by atoms with E-state index in [0.29, 0.717) is 30.9 Å². The number of anilines is 1. The first-order valence-corrected chi connectivity index (χ1v) is 11.9. The van der Waals surface area contributed by atoms with Crippen molar-refractivity contribution >= 4 is 21.6 Å². The zero-order valence-electron chi connectivity index (χ0n) is 17.8. The van der Waals surface area contributed by atoms with E-state index in [4.69, 9.17) is 4.74 Å². The number of amides is 1. The van der Waals surface area contributed by atoms with Gasteiger partial charge in [0.25, 0.3) is 5.91 Å². The van der Waals surface area contributed by atoms with Gasteiger partial charge in [-0.15, -0.1) is 0 Å². The van der Waals surface area contributed by atoms with Crippen molar-refractivity contribution in [1.29, 1.82) is 0 Å². The summed E-state index contributed by atoms with van der Waals surface area (Å²) in [7, 11) is -3.48. The van der Waals surface area contributed by atoms with Crippen LogP contribution in [-0.4, -0.2) is 37.8 Å². The van der Waals surface area contributed by atoms with Crippen molar-refractivity contribution < 1.29 is 17.9 Å². The normalized spacial score (nSPS) is 16.1.